The lowest BCUT2D eigenvalue weighted by molar-refractivity contribution is -0.274. The first kappa shape index (κ1) is 26.7. The standard InChI is InChI=1S/C30H33FO7/c1-36-26-13-20(9-10-24(26)31)27-22-12-18(17-5-3-2-4-6-17)7-8-19(22)11-21(14-32)23(27)15-37-30-29(35)28(34)25(33)16-38-30/h2-10,12-13,21,23,25,27-30,32-35H,11,14-16H2,1H3/t21-,23-,25-,27-,28+,29-,30-/m1/s1. The van der Waals surface area contributed by atoms with Crippen molar-refractivity contribution < 1.29 is 39.0 Å². The van der Waals surface area contributed by atoms with E-state index >= 15 is 0 Å². The number of rotatable bonds is 7. The summed E-state index contributed by atoms with van der Waals surface area (Å²) >= 11 is 0. The van der Waals surface area contributed by atoms with E-state index in [0.29, 0.717) is 6.42 Å². The van der Waals surface area contributed by atoms with Crippen LogP contribution in [0.4, 0.5) is 4.39 Å². The fourth-order valence-electron chi connectivity index (χ4n) is 5.68. The van der Waals surface area contributed by atoms with Gasteiger partial charge in [-0.1, -0.05) is 54.6 Å². The van der Waals surface area contributed by atoms with Crippen molar-refractivity contribution >= 4 is 0 Å². The molecule has 0 saturated carbocycles. The topological polar surface area (TPSA) is 109 Å². The van der Waals surface area contributed by atoms with E-state index in [1.165, 1.54) is 13.2 Å². The Kier molecular flexibility index (Phi) is 8.09. The minimum atomic E-state index is -1.42. The highest BCUT2D eigenvalue weighted by Gasteiger charge is 2.42. The van der Waals surface area contributed by atoms with Crippen molar-refractivity contribution in [1.82, 2.24) is 0 Å². The molecule has 3 aromatic carbocycles. The number of benzene rings is 3. The van der Waals surface area contributed by atoms with Crippen LogP contribution < -0.4 is 4.74 Å². The van der Waals surface area contributed by atoms with Gasteiger partial charge in [0, 0.05) is 12.5 Å². The molecule has 202 valence electrons. The van der Waals surface area contributed by atoms with Crippen molar-refractivity contribution in [3.8, 4) is 16.9 Å². The van der Waals surface area contributed by atoms with Crippen molar-refractivity contribution in [3.05, 3.63) is 89.2 Å². The average Bonchev–Trinajstić information content (AvgIpc) is 2.95. The molecule has 7 atom stereocenters. The van der Waals surface area contributed by atoms with E-state index in [9.17, 15) is 24.8 Å². The van der Waals surface area contributed by atoms with Crippen molar-refractivity contribution in [3.63, 3.8) is 0 Å². The van der Waals surface area contributed by atoms with Gasteiger partial charge in [0.1, 0.15) is 18.3 Å². The van der Waals surface area contributed by atoms with Crippen molar-refractivity contribution in [2.24, 2.45) is 11.8 Å². The largest absolute Gasteiger partial charge is 0.494 e. The third-order valence-corrected chi connectivity index (χ3v) is 7.78. The highest BCUT2D eigenvalue weighted by molar-refractivity contribution is 5.66. The summed E-state index contributed by atoms with van der Waals surface area (Å²) in [5, 5.41) is 40.7. The molecule has 0 radical (unpaired) electrons. The van der Waals surface area contributed by atoms with E-state index < -0.39 is 30.4 Å². The summed E-state index contributed by atoms with van der Waals surface area (Å²) in [5.41, 5.74) is 5.03. The molecule has 0 bridgehead atoms. The second-order valence-electron chi connectivity index (χ2n) is 10.0. The van der Waals surface area contributed by atoms with Crippen LogP contribution in [0.25, 0.3) is 11.1 Å². The van der Waals surface area contributed by atoms with Crippen LogP contribution in [0.1, 0.15) is 22.6 Å². The summed E-state index contributed by atoms with van der Waals surface area (Å²) in [5.74, 6) is -1.10. The van der Waals surface area contributed by atoms with E-state index in [0.717, 1.165) is 27.8 Å². The monoisotopic (exact) mass is 524 g/mol. The molecular weight excluding hydrogens is 491 g/mol. The number of aliphatic hydroxyl groups is 4. The van der Waals surface area contributed by atoms with Gasteiger partial charge in [0.25, 0.3) is 0 Å². The molecule has 1 aliphatic carbocycles. The molecule has 0 unspecified atom stereocenters. The third-order valence-electron chi connectivity index (χ3n) is 7.78. The summed E-state index contributed by atoms with van der Waals surface area (Å²) in [6, 6.07) is 21.1. The zero-order valence-electron chi connectivity index (χ0n) is 21.1. The van der Waals surface area contributed by atoms with E-state index in [1.54, 1.807) is 12.1 Å². The smallest absolute Gasteiger partial charge is 0.186 e. The van der Waals surface area contributed by atoms with Gasteiger partial charge < -0.3 is 34.6 Å². The Morgan fingerprint density at radius 2 is 1.74 bits per heavy atom. The Labute approximate surface area is 221 Å². The molecule has 3 aromatic rings. The van der Waals surface area contributed by atoms with E-state index in [4.69, 9.17) is 14.2 Å². The number of hydrogen-bond acceptors (Lipinski definition) is 7. The zero-order chi connectivity index (χ0) is 26.8. The van der Waals surface area contributed by atoms with Gasteiger partial charge in [-0.25, -0.2) is 4.39 Å². The SMILES string of the molecule is COc1cc([C@@H]2c3cc(-c4ccccc4)ccc3C[C@H](CO)[C@H]2CO[C@@H]2OC[C@@H](O)[C@H](O)[C@H]2O)ccc1F. The van der Waals surface area contributed by atoms with Crippen LogP contribution in [0.3, 0.4) is 0 Å². The molecule has 1 aliphatic heterocycles. The first-order valence-corrected chi connectivity index (χ1v) is 12.8. The fourth-order valence-corrected chi connectivity index (χ4v) is 5.68. The average molecular weight is 525 g/mol. The van der Waals surface area contributed by atoms with Gasteiger partial charge >= 0.3 is 0 Å². The number of halogens is 1. The second-order valence-corrected chi connectivity index (χ2v) is 10.0. The summed E-state index contributed by atoms with van der Waals surface area (Å²) < 4.78 is 31.1. The van der Waals surface area contributed by atoms with Crippen molar-refractivity contribution in [1.29, 1.82) is 0 Å². The minimum Gasteiger partial charge on any atom is -0.494 e. The highest BCUT2D eigenvalue weighted by Crippen LogP contribution is 2.46. The summed E-state index contributed by atoms with van der Waals surface area (Å²) in [4.78, 5) is 0. The lowest BCUT2D eigenvalue weighted by atomic mass is 9.66. The van der Waals surface area contributed by atoms with Gasteiger partial charge in [-0.3, -0.25) is 0 Å². The van der Waals surface area contributed by atoms with Crippen LogP contribution in [0.2, 0.25) is 0 Å². The third kappa shape index (κ3) is 5.20. The number of ether oxygens (including phenoxy) is 3. The van der Waals surface area contributed by atoms with Crippen LogP contribution in [0.5, 0.6) is 5.75 Å². The minimum absolute atomic E-state index is 0.0924. The number of hydrogen-bond donors (Lipinski definition) is 4. The van der Waals surface area contributed by atoms with E-state index in [1.807, 2.05) is 30.3 Å². The van der Waals surface area contributed by atoms with Crippen LogP contribution in [0, 0.1) is 17.7 Å². The Hall–Kier alpha value is -2.85. The van der Waals surface area contributed by atoms with Crippen molar-refractivity contribution in [2.75, 3.05) is 26.9 Å². The quantitative estimate of drug-likeness (QED) is 0.376. The Morgan fingerprint density at radius 3 is 2.47 bits per heavy atom. The predicted molar refractivity (Wildman–Crippen MR) is 138 cm³/mol. The van der Waals surface area contributed by atoms with Crippen LogP contribution in [-0.4, -0.2) is 72.0 Å². The van der Waals surface area contributed by atoms with Crippen LogP contribution in [0.15, 0.2) is 66.7 Å². The fraction of sp³-hybridized carbons (Fsp3) is 0.400. The van der Waals surface area contributed by atoms with Gasteiger partial charge in [-0.05, 0) is 58.2 Å². The Bertz CT molecular complexity index is 1240. The van der Waals surface area contributed by atoms with Gasteiger partial charge in [-0.2, -0.15) is 0 Å². The molecule has 4 N–H and O–H groups in total. The molecule has 38 heavy (non-hydrogen) atoms. The number of aliphatic hydroxyl groups excluding tert-OH is 4. The van der Waals surface area contributed by atoms with Gasteiger partial charge in [-0.15, -0.1) is 0 Å². The van der Waals surface area contributed by atoms with Gasteiger partial charge in [0.05, 0.1) is 20.3 Å². The molecule has 1 fully saturated rings. The lowest BCUT2D eigenvalue weighted by Crippen LogP contribution is -2.54. The summed E-state index contributed by atoms with van der Waals surface area (Å²) in [6.07, 6.45) is -4.53. The molecule has 7 nitrogen and oxygen atoms in total. The lowest BCUT2D eigenvalue weighted by Gasteiger charge is -2.41. The van der Waals surface area contributed by atoms with Crippen molar-refractivity contribution in [2.45, 2.75) is 36.9 Å². The molecule has 2 aliphatic rings. The zero-order valence-corrected chi connectivity index (χ0v) is 21.1. The molecule has 1 saturated heterocycles. The summed E-state index contributed by atoms with van der Waals surface area (Å²) in [7, 11) is 1.42. The summed E-state index contributed by atoms with van der Waals surface area (Å²) in [6.45, 7) is -0.174. The molecule has 1 heterocycles. The maximum absolute atomic E-state index is 14.4. The maximum Gasteiger partial charge on any atom is 0.186 e. The normalized spacial score (nSPS) is 29.1. The highest BCUT2D eigenvalue weighted by atomic mass is 19.1. The Balaban J connectivity index is 1.55. The van der Waals surface area contributed by atoms with E-state index in [-0.39, 0.29) is 43.3 Å². The van der Waals surface area contributed by atoms with Crippen LogP contribution >= 0.6 is 0 Å². The molecule has 8 heteroatoms. The molecular formula is C30H33FO7. The van der Waals surface area contributed by atoms with E-state index in [2.05, 4.69) is 18.2 Å². The second kappa shape index (κ2) is 11.5. The number of methoxy groups -OCH3 is 1. The molecule has 0 amide bonds. The maximum atomic E-state index is 14.4. The molecule has 5 rings (SSSR count). The van der Waals surface area contributed by atoms with Gasteiger partial charge in [0.15, 0.2) is 17.9 Å². The number of fused-ring (bicyclic) bond motifs is 1. The van der Waals surface area contributed by atoms with Gasteiger partial charge in [0.2, 0.25) is 0 Å². The Morgan fingerprint density at radius 1 is 0.947 bits per heavy atom. The first-order chi connectivity index (χ1) is 18.4. The first-order valence-electron chi connectivity index (χ1n) is 12.8. The molecule has 0 aromatic heterocycles. The predicted octanol–water partition coefficient (Wildman–Crippen LogP) is 2.87. The molecule has 0 spiro atoms. The van der Waals surface area contributed by atoms with Crippen LogP contribution in [-0.2, 0) is 15.9 Å².